The van der Waals surface area contributed by atoms with Gasteiger partial charge in [0.25, 0.3) is 8.32 Å². The Morgan fingerprint density at radius 2 is 1.25 bits per heavy atom. The second-order valence-electron chi connectivity index (χ2n) is 12.0. The third-order valence-corrected chi connectivity index (χ3v) is 13.0. The third-order valence-electron chi connectivity index (χ3n) is 8.00. The normalized spacial score (nSPS) is 22.3. The van der Waals surface area contributed by atoms with Gasteiger partial charge in [-0.3, -0.25) is 0 Å². The molecule has 4 aromatic rings. The molecule has 44 heavy (non-hydrogen) atoms. The fourth-order valence-corrected chi connectivity index (χ4v) is 10.3. The Labute approximate surface area is 260 Å². The second kappa shape index (κ2) is 14.0. The van der Waals surface area contributed by atoms with E-state index < -0.39 is 50.0 Å². The first-order valence-electron chi connectivity index (χ1n) is 14.9. The van der Waals surface area contributed by atoms with Crippen LogP contribution in [-0.2, 0) is 25.2 Å². The van der Waals surface area contributed by atoms with Crippen LogP contribution in [0.5, 0.6) is 0 Å². The summed E-state index contributed by atoms with van der Waals surface area (Å²) in [6.07, 6.45) is -6.36. The maximum atomic E-state index is 13.2. The average Bonchev–Trinajstić information content (AvgIpc) is 3.04. The first-order chi connectivity index (χ1) is 21.2. The van der Waals surface area contributed by atoms with Gasteiger partial charge in [0.05, 0.1) is 18.8 Å². The van der Waals surface area contributed by atoms with E-state index in [1.807, 2.05) is 91.0 Å². The van der Waals surface area contributed by atoms with Crippen molar-refractivity contribution in [3.63, 3.8) is 0 Å². The van der Waals surface area contributed by atoms with Gasteiger partial charge < -0.3 is 28.8 Å². The number of hydrogen-bond acceptors (Lipinski definition) is 7. The summed E-state index contributed by atoms with van der Waals surface area (Å²) in [5, 5.41) is 24.7. The number of carbonyl (C=O) groups excluding carboxylic acids is 1. The molecule has 4 aromatic carbocycles. The second-order valence-corrected chi connectivity index (χ2v) is 16.3. The Balaban J connectivity index is 1.50. The van der Waals surface area contributed by atoms with Crippen LogP contribution in [0.3, 0.4) is 0 Å². The quantitative estimate of drug-likeness (QED) is 0.202. The molecule has 2 N–H and O–H groups in total. The molecule has 5 rings (SSSR count). The maximum Gasteiger partial charge on any atom is 0.338 e. The van der Waals surface area contributed by atoms with E-state index in [0.717, 1.165) is 15.9 Å². The van der Waals surface area contributed by atoms with Crippen LogP contribution in [0.15, 0.2) is 121 Å². The van der Waals surface area contributed by atoms with Gasteiger partial charge in [-0.25, -0.2) is 4.79 Å². The molecule has 0 bridgehead atoms. The lowest BCUT2D eigenvalue weighted by Gasteiger charge is -2.49. The van der Waals surface area contributed by atoms with Crippen molar-refractivity contribution in [2.75, 3.05) is 6.61 Å². The van der Waals surface area contributed by atoms with Crippen molar-refractivity contribution in [2.24, 2.45) is 0 Å². The Kier molecular flexibility index (Phi) is 10.1. The lowest BCUT2D eigenvalue weighted by Crippen LogP contribution is -2.71. The molecule has 1 fully saturated rings. The topological polar surface area (TPSA) is 94.5 Å². The molecule has 0 aromatic heterocycles. The van der Waals surface area contributed by atoms with Crippen molar-refractivity contribution in [2.45, 2.75) is 63.1 Å². The highest BCUT2D eigenvalue weighted by atomic mass is 28.4. The average molecular weight is 613 g/mol. The highest BCUT2D eigenvalue weighted by Gasteiger charge is 2.56. The standard InChI is InChI=1S/C36H40O7Si/c1-36(2,3)44(28-20-12-6-13-21-28,29-22-14-7-15-23-29)43-35-32(38)33(42-34(39)27-18-10-5-11-19-27)31(37)30(41-35)25-40-24-26-16-8-4-9-17-26/h4-23,30-33,35,37-38H,24-25H2,1-3H3/t30-,31?,32?,33?,35?/m1/s1. The summed E-state index contributed by atoms with van der Waals surface area (Å²) >= 11 is 0. The van der Waals surface area contributed by atoms with Crippen LogP contribution in [-0.4, -0.2) is 61.8 Å². The molecular formula is C36H40O7Si. The maximum absolute atomic E-state index is 13.2. The van der Waals surface area contributed by atoms with Crippen molar-refractivity contribution in [3.05, 3.63) is 132 Å². The fraction of sp³-hybridized carbons (Fsp3) is 0.306. The monoisotopic (exact) mass is 612 g/mol. The minimum atomic E-state index is -3.20. The van der Waals surface area contributed by atoms with Crippen LogP contribution in [0.25, 0.3) is 0 Å². The summed E-state index contributed by atoms with van der Waals surface area (Å²) in [6.45, 7) is 6.65. The Morgan fingerprint density at radius 3 is 1.77 bits per heavy atom. The molecule has 7 nitrogen and oxygen atoms in total. The van der Waals surface area contributed by atoms with Crippen molar-refractivity contribution in [3.8, 4) is 0 Å². The van der Waals surface area contributed by atoms with Crippen molar-refractivity contribution >= 4 is 24.7 Å². The number of carbonyl (C=O) groups is 1. The fourth-order valence-electron chi connectivity index (χ4n) is 5.78. The first-order valence-corrected chi connectivity index (χ1v) is 16.8. The number of aliphatic hydroxyl groups is 2. The third kappa shape index (κ3) is 6.86. The zero-order valence-corrected chi connectivity index (χ0v) is 26.3. The van der Waals surface area contributed by atoms with Crippen LogP contribution in [0.2, 0.25) is 5.04 Å². The van der Waals surface area contributed by atoms with Crippen molar-refractivity contribution < 1.29 is 33.6 Å². The lowest BCUT2D eigenvalue weighted by atomic mass is 9.99. The number of benzene rings is 4. The molecule has 0 amide bonds. The van der Waals surface area contributed by atoms with Crippen LogP contribution < -0.4 is 10.4 Å². The Morgan fingerprint density at radius 1 is 0.750 bits per heavy atom. The molecule has 230 valence electrons. The zero-order valence-electron chi connectivity index (χ0n) is 25.3. The highest BCUT2D eigenvalue weighted by Crippen LogP contribution is 2.39. The highest BCUT2D eigenvalue weighted by molar-refractivity contribution is 6.99. The molecule has 8 heteroatoms. The Hall–Kier alpha value is -3.63. The summed E-state index contributed by atoms with van der Waals surface area (Å²) in [4.78, 5) is 13.2. The van der Waals surface area contributed by atoms with Gasteiger partial charge in [0.15, 0.2) is 12.4 Å². The number of ether oxygens (including phenoxy) is 3. The van der Waals surface area contributed by atoms with E-state index in [1.54, 1.807) is 30.3 Å². The van der Waals surface area contributed by atoms with Gasteiger partial charge in [-0.2, -0.15) is 0 Å². The number of aliphatic hydroxyl groups excluding tert-OH is 2. The number of rotatable bonds is 10. The van der Waals surface area contributed by atoms with Gasteiger partial charge in [0.1, 0.15) is 18.3 Å². The van der Waals surface area contributed by atoms with Gasteiger partial charge in [-0.15, -0.1) is 0 Å². The molecule has 0 aliphatic carbocycles. The largest absolute Gasteiger partial charge is 0.453 e. The van der Waals surface area contributed by atoms with E-state index in [4.69, 9.17) is 18.6 Å². The van der Waals surface area contributed by atoms with Crippen LogP contribution in [0.1, 0.15) is 36.7 Å². The molecule has 0 spiro atoms. The predicted octanol–water partition coefficient (Wildman–Crippen LogP) is 4.45. The van der Waals surface area contributed by atoms with Crippen molar-refractivity contribution in [1.29, 1.82) is 0 Å². The predicted molar refractivity (Wildman–Crippen MR) is 171 cm³/mol. The molecule has 1 heterocycles. The summed E-state index contributed by atoms with van der Waals surface area (Å²) in [5.74, 6) is -0.663. The first kappa shape index (κ1) is 31.8. The van der Waals surface area contributed by atoms with E-state index in [9.17, 15) is 15.0 Å². The zero-order chi connectivity index (χ0) is 31.2. The number of esters is 1. The molecule has 1 aliphatic heterocycles. The SMILES string of the molecule is CC(C)(C)[Si](OC1O[C@H](COCc2ccccc2)C(O)C(OC(=O)c2ccccc2)C1O)(c1ccccc1)c1ccccc1. The molecular weight excluding hydrogens is 572 g/mol. The van der Waals surface area contributed by atoms with E-state index in [1.165, 1.54) is 0 Å². The van der Waals surface area contributed by atoms with E-state index in [0.29, 0.717) is 12.2 Å². The summed E-state index contributed by atoms with van der Waals surface area (Å²) < 4.78 is 25.2. The summed E-state index contributed by atoms with van der Waals surface area (Å²) in [7, 11) is -3.20. The molecule has 1 saturated heterocycles. The van der Waals surface area contributed by atoms with Crippen molar-refractivity contribution in [1.82, 2.24) is 0 Å². The van der Waals surface area contributed by atoms with E-state index in [2.05, 4.69) is 20.8 Å². The van der Waals surface area contributed by atoms with Gasteiger partial charge >= 0.3 is 5.97 Å². The Bertz CT molecular complexity index is 1420. The van der Waals surface area contributed by atoms with Gasteiger partial charge in [0.2, 0.25) is 0 Å². The lowest BCUT2D eigenvalue weighted by molar-refractivity contribution is -0.282. The smallest absolute Gasteiger partial charge is 0.338 e. The summed E-state index contributed by atoms with van der Waals surface area (Å²) in [5.41, 5.74) is 1.27. The molecule has 0 saturated carbocycles. The van der Waals surface area contributed by atoms with E-state index in [-0.39, 0.29) is 6.61 Å². The van der Waals surface area contributed by atoms with Crippen LogP contribution in [0, 0.1) is 0 Å². The molecule has 5 atom stereocenters. The van der Waals surface area contributed by atoms with Crippen LogP contribution >= 0.6 is 0 Å². The molecule has 4 unspecified atom stereocenters. The number of hydrogen-bond donors (Lipinski definition) is 2. The van der Waals surface area contributed by atoms with Gasteiger partial charge in [-0.05, 0) is 33.1 Å². The summed E-state index contributed by atoms with van der Waals surface area (Å²) in [6, 6.07) is 38.1. The minimum Gasteiger partial charge on any atom is -0.453 e. The van der Waals surface area contributed by atoms with E-state index >= 15 is 0 Å². The van der Waals surface area contributed by atoms with Crippen LogP contribution in [0.4, 0.5) is 0 Å². The molecule has 0 radical (unpaired) electrons. The minimum absolute atomic E-state index is 0.0111. The molecule has 1 aliphatic rings. The van der Waals surface area contributed by atoms with Gasteiger partial charge in [0, 0.05) is 0 Å². The van der Waals surface area contributed by atoms with Gasteiger partial charge in [-0.1, -0.05) is 130 Å².